The largest absolute Gasteiger partial charge is 0.334 e. The molecule has 110 valence electrons. The van der Waals surface area contributed by atoms with Crippen LogP contribution in [0.15, 0.2) is 51.5 Å². The third kappa shape index (κ3) is 2.86. The van der Waals surface area contributed by atoms with Gasteiger partial charge in [0.15, 0.2) is 0 Å². The first-order chi connectivity index (χ1) is 10.5. The van der Waals surface area contributed by atoms with Gasteiger partial charge in [-0.25, -0.2) is 0 Å². The van der Waals surface area contributed by atoms with Crippen LogP contribution >= 0.6 is 27.5 Å². The molecule has 3 aromatic rings. The molecule has 0 N–H and O–H groups in total. The van der Waals surface area contributed by atoms with Crippen molar-refractivity contribution < 1.29 is 9.45 Å². The molecule has 1 heterocycles. The zero-order chi connectivity index (χ0) is 15.7. The van der Waals surface area contributed by atoms with Gasteiger partial charge in [-0.15, -0.1) is 0 Å². The van der Waals surface area contributed by atoms with Crippen molar-refractivity contribution in [1.29, 1.82) is 0 Å². The summed E-state index contributed by atoms with van der Waals surface area (Å²) in [7, 11) is 0. The Morgan fingerprint density at radius 1 is 1.18 bits per heavy atom. The van der Waals surface area contributed by atoms with E-state index in [9.17, 15) is 10.1 Å². The first kappa shape index (κ1) is 14.7. The number of benzene rings is 2. The van der Waals surface area contributed by atoms with Crippen molar-refractivity contribution in [2.45, 2.75) is 0 Å². The van der Waals surface area contributed by atoms with Crippen LogP contribution in [0.4, 0.5) is 5.69 Å². The van der Waals surface area contributed by atoms with E-state index in [1.807, 2.05) is 24.3 Å². The maximum atomic E-state index is 10.8. The Bertz CT molecular complexity index is 849. The summed E-state index contributed by atoms with van der Waals surface area (Å²) in [5.41, 5.74) is 0.995. The quantitative estimate of drug-likeness (QED) is 0.484. The molecule has 0 spiro atoms. The number of nitro benzene ring substituents is 1. The van der Waals surface area contributed by atoms with Gasteiger partial charge in [0.25, 0.3) is 11.6 Å². The Labute approximate surface area is 138 Å². The van der Waals surface area contributed by atoms with Crippen molar-refractivity contribution in [3.05, 3.63) is 62.1 Å². The van der Waals surface area contributed by atoms with E-state index >= 15 is 0 Å². The third-order valence-corrected chi connectivity index (χ3v) is 3.78. The molecule has 0 radical (unpaired) electrons. The molecule has 0 fully saturated rings. The molecule has 0 aliphatic rings. The zero-order valence-electron chi connectivity index (χ0n) is 10.9. The second kappa shape index (κ2) is 5.86. The summed E-state index contributed by atoms with van der Waals surface area (Å²) in [6.07, 6.45) is 0. The normalized spacial score (nSPS) is 10.6. The van der Waals surface area contributed by atoms with E-state index in [1.54, 1.807) is 0 Å². The fourth-order valence-electron chi connectivity index (χ4n) is 1.84. The van der Waals surface area contributed by atoms with E-state index in [-0.39, 0.29) is 11.6 Å². The number of rotatable bonds is 3. The average Bonchev–Trinajstić information content (AvgIpc) is 2.98. The molecule has 2 aromatic carbocycles. The molecule has 0 unspecified atom stereocenters. The standard InChI is InChI=1S/C14H7BrClN3O3/c15-9-3-1-8(2-4-9)13-17-14(22-18-13)11-7-10(19(20)21)5-6-12(11)16/h1-7H. The van der Waals surface area contributed by atoms with Gasteiger partial charge in [0.05, 0.1) is 15.5 Å². The van der Waals surface area contributed by atoms with Gasteiger partial charge >= 0.3 is 0 Å². The van der Waals surface area contributed by atoms with E-state index in [4.69, 9.17) is 16.1 Å². The highest BCUT2D eigenvalue weighted by Crippen LogP contribution is 2.31. The molecule has 0 amide bonds. The Morgan fingerprint density at radius 2 is 1.91 bits per heavy atom. The predicted octanol–water partition coefficient (Wildman–Crippen LogP) is 4.73. The summed E-state index contributed by atoms with van der Waals surface area (Å²) in [5.74, 6) is 0.511. The summed E-state index contributed by atoms with van der Waals surface area (Å²) < 4.78 is 6.10. The fraction of sp³-hybridized carbons (Fsp3) is 0. The van der Waals surface area contributed by atoms with E-state index in [0.717, 1.165) is 10.0 Å². The number of non-ortho nitro benzene ring substituents is 1. The van der Waals surface area contributed by atoms with Crippen molar-refractivity contribution in [2.24, 2.45) is 0 Å². The summed E-state index contributed by atoms with van der Waals surface area (Å²) >= 11 is 9.40. The summed E-state index contributed by atoms with van der Waals surface area (Å²) in [6.45, 7) is 0. The molecule has 6 nitrogen and oxygen atoms in total. The number of hydrogen-bond acceptors (Lipinski definition) is 5. The Kier molecular flexibility index (Phi) is 3.91. The van der Waals surface area contributed by atoms with Gasteiger partial charge in [0.2, 0.25) is 5.82 Å². The van der Waals surface area contributed by atoms with Gasteiger partial charge in [-0.3, -0.25) is 10.1 Å². The molecule has 1 aromatic heterocycles. The van der Waals surface area contributed by atoms with Gasteiger partial charge in [0.1, 0.15) is 0 Å². The van der Waals surface area contributed by atoms with E-state index in [0.29, 0.717) is 16.4 Å². The number of hydrogen-bond donors (Lipinski definition) is 0. The van der Waals surface area contributed by atoms with Crippen LogP contribution in [-0.4, -0.2) is 15.1 Å². The second-order valence-corrected chi connectivity index (χ2v) is 5.67. The van der Waals surface area contributed by atoms with Crippen LogP contribution in [0.2, 0.25) is 5.02 Å². The van der Waals surface area contributed by atoms with E-state index in [2.05, 4.69) is 26.1 Å². The van der Waals surface area contributed by atoms with Crippen LogP contribution in [0.25, 0.3) is 22.8 Å². The molecule has 0 bridgehead atoms. The Hall–Kier alpha value is -2.25. The minimum atomic E-state index is -0.508. The molecular formula is C14H7BrClN3O3. The van der Waals surface area contributed by atoms with E-state index in [1.165, 1.54) is 18.2 Å². The van der Waals surface area contributed by atoms with Gasteiger partial charge in [-0.05, 0) is 30.3 Å². The molecule has 22 heavy (non-hydrogen) atoms. The van der Waals surface area contributed by atoms with Gasteiger partial charge in [-0.1, -0.05) is 32.7 Å². The molecule has 8 heteroatoms. The van der Waals surface area contributed by atoms with Gasteiger partial charge < -0.3 is 4.52 Å². The summed E-state index contributed by atoms with van der Waals surface area (Å²) in [4.78, 5) is 14.6. The van der Waals surface area contributed by atoms with Crippen molar-refractivity contribution in [3.63, 3.8) is 0 Å². The maximum Gasteiger partial charge on any atom is 0.270 e. The minimum absolute atomic E-state index is 0.0946. The van der Waals surface area contributed by atoms with Crippen molar-refractivity contribution >= 4 is 33.2 Å². The third-order valence-electron chi connectivity index (χ3n) is 2.92. The van der Waals surface area contributed by atoms with Gasteiger partial charge in [-0.2, -0.15) is 4.98 Å². The molecule has 0 aliphatic carbocycles. The number of halogens is 2. The van der Waals surface area contributed by atoms with Gasteiger partial charge in [0, 0.05) is 22.2 Å². The Balaban J connectivity index is 2.02. The van der Waals surface area contributed by atoms with Crippen LogP contribution in [0, 0.1) is 10.1 Å². The smallest absolute Gasteiger partial charge is 0.270 e. The van der Waals surface area contributed by atoms with Crippen molar-refractivity contribution in [3.8, 4) is 22.8 Å². The highest BCUT2D eigenvalue weighted by atomic mass is 79.9. The van der Waals surface area contributed by atoms with Crippen molar-refractivity contribution in [1.82, 2.24) is 10.1 Å². The number of nitrogens with zero attached hydrogens (tertiary/aromatic N) is 3. The van der Waals surface area contributed by atoms with E-state index < -0.39 is 4.92 Å². The number of aromatic nitrogens is 2. The average molecular weight is 381 g/mol. The van der Waals surface area contributed by atoms with Crippen LogP contribution < -0.4 is 0 Å². The lowest BCUT2D eigenvalue weighted by molar-refractivity contribution is -0.384. The molecular weight excluding hydrogens is 374 g/mol. The van der Waals surface area contributed by atoms with Crippen molar-refractivity contribution in [2.75, 3.05) is 0 Å². The molecule has 0 saturated carbocycles. The van der Waals surface area contributed by atoms with Crippen LogP contribution in [-0.2, 0) is 0 Å². The zero-order valence-corrected chi connectivity index (χ0v) is 13.2. The SMILES string of the molecule is O=[N+]([O-])c1ccc(Cl)c(-c2nc(-c3ccc(Br)cc3)no2)c1. The highest BCUT2D eigenvalue weighted by molar-refractivity contribution is 9.10. The topological polar surface area (TPSA) is 82.1 Å². The molecule has 0 atom stereocenters. The molecule has 0 saturated heterocycles. The highest BCUT2D eigenvalue weighted by Gasteiger charge is 2.17. The first-order valence-electron chi connectivity index (χ1n) is 6.08. The monoisotopic (exact) mass is 379 g/mol. The molecule has 3 rings (SSSR count). The lowest BCUT2D eigenvalue weighted by Crippen LogP contribution is -1.89. The van der Waals surface area contributed by atoms with Crippen LogP contribution in [0.3, 0.4) is 0 Å². The predicted molar refractivity (Wildman–Crippen MR) is 84.5 cm³/mol. The lowest BCUT2D eigenvalue weighted by atomic mass is 10.2. The minimum Gasteiger partial charge on any atom is -0.334 e. The van der Waals surface area contributed by atoms with Crippen LogP contribution in [0.1, 0.15) is 0 Å². The second-order valence-electron chi connectivity index (χ2n) is 4.35. The lowest BCUT2D eigenvalue weighted by Gasteiger charge is -1.98. The number of nitro groups is 1. The fourth-order valence-corrected chi connectivity index (χ4v) is 2.30. The Morgan fingerprint density at radius 3 is 2.59 bits per heavy atom. The van der Waals surface area contributed by atoms with Crippen LogP contribution in [0.5, 0.6) is 0 Å². The maximum absolute atomic E-state index is 10.8. The summed E-state index contributed by atoms with van der Waals surface area (Å²) in [6, 6.07) is 11.4. The molecule has 0 aliphatic heterocycles. The summed E-state index contributed by atoms with van der Waals surface area (Å²) in [5, 5.41) is 15.0. The first-order valence-corrected chi connectivity index (χ1v) is 7.25.